The average Bonchev–Trinajstić information content (AvgIpc) is 2.60. The fourth-order valence-electron chi connectivity index (χ4n) is 2.78. The van der Waals surface area contributed by atoms with Crippen LogP contribution >= 0.6 is 0 Å². The zero-order valence-electron chi connectivity index (χ0n) is 14.4. The van der Waals surface area contributed by atoms with E-state index in [1.54, 1.807) is 22.9 Å². The summed E-state index contributed by atoms with van der Waals surface area (Å²) in [5.74, 6) is 0.691. The Labute approximate surface area is 145 Å². The van der Waals surface area contributed by atoms with E-state index >= 15 is 0 Å². The van der Waals surface area contributed by atoms with Gasteiger partial charge in [-0.1, -0.05) is 12.1 Å². The number of hydrazone groups is 1. The van der Waals surface area contributed by atoms with Crippen LogP contribution < -0.4 is 11.0 Å². The largest absolute Gasteiger partial charge is 0.507 e. The third kappa shape index (κ3) is 3.24. The maximum absolute atomic E-state index is 12.5. The maximum atomic E-state index is 12.5. The van der Waals surface area contributed by atoms with Crippen LogP contribution in [-0.2, 0) is 6.54 Å². The number of hydrogen-bond acceptors (Lipinski definition) is 5. The highest BCUT2D eigenvalue weighted by Crippen LogP contribution is 2.22. The minimum Gasteiger partial charge on any atom is -0.507 e. The van der Waals surface area contributed by atoms with Gasteiger partial charge in [-0.3, -0.25) is 9.36 Å². The summed E-state index contributed by atoms with van der Waals surface area (Å²) in [6.45, 7) is 6.06. The molecular weight excluding hydrogens is 316 g/mol. The smallest absolute Gasteiger partial charge is 0.262 e. The highest BCUT2D eigenvalue weighted by molar-refractivity contribution is 5.82. The molecule has 0 radical (unpaired) electrons. The number of benzene rings is 2. The van der Waals surface area contributed by atoms with Gasteiger partial charge in [0.25, 0.3) is 5.56 Å². The molecule has 0 fully saturated rings. The number of aromatic nitrogens is 2. The molecule has 0 spiro atoms. The number of para-hydroxylation sites is 1. The third-order valence-corrected chi connectivity index (χ3v) is 4.07. The van der Waals surface area contributed by atoms with Gasteiger partial charge in [-0.2, -0.15) is 5.10 Å². The van der Waals surface area contributed by atoms with E-state index in [0.717, 1.165) is 16.7 Å². The molecule has 128 valence electrons. The normalized spacial score (nSPS) is 11.3. The van der Waals surface area contributed by atoms with Gasteiger partial charge in [0.2, 0.25) is 5.95 Å². The summed E-state index contributed by atoms with van der Waals surface area (Å²) in [7, 11) is 0. The third-order valence-electron chi connectivity index (χ3n) is 4.07. The fraction of sp³-hybridized carbons (Fsp3) is 0.211. The second kappa shape index (κ2) is 6.76. The van der Waals surface area contributed by atoms with Crippen LogP contribution in [0.4, 0.5) is 5.95 Å². The van der Waals surface area contributed by atoms with Crippen molar-refractivity contribution in [2.24, 2.45) is 5.10 Å². The summed E-state index contributed by atoms with van der Waals surface area (Å²) in [5, 5.41) is 14.6. The first-order valence-corrected chi connectivity index (χ1v) is 8.10. The lowest BCUT2D eigenvalue weighted by Crippen LogP contribution is -2.23. The predicted octanol–water partition coefficient (Wildman–Crippen LogP) is 3.18. The summed E-state index contributed by atoms with van der Waals surface area (Å²) < 4.78 is 1.55. The number of phenols is 1. The lowest BCUT2D eigenvalue weighted by Gasteiger charge is -2.10. The van der Waals surface area contributed by atoms with E-state index < -0.39 is 0 Å². The average molecular weight is 336 g/mol. The van der Waals surface area contributed by atoms with Crippen LogP contribution in [0.15, 0.2) is 46.3 Å². The zero-order valence-corrected chi connectivity index (χ0v) is 14.4. The van der Waals surface area contributed by atoms with Crippen molar-refractivity contribution in [3.05, 3.63) is 63.4 Å². The Kier molecular flexibility index (Phi) is 4.52. The number of fused-ring (bicyclic) bond motifs is 1. The molecule has 0 aliphatic rings. The molecule has 6 heteroatoms. The monoisotopic (exact) mass is 336 g/mol. The molecule has 0 saturated carbocycles. The van der Waals surface area contributed by atoms with Crippen LogP contribution in [0.5, 0.6) is 5.75 Å². The molecule has 0 atom stereocenters. The van der Waals surface area contributed by atoms with Crippen LogP contribution in [0, 0.1) is 13.8 Å². The van der Waals surface area contributed by atoms with Crippen molar-refractivity contribution >= 4 is 23.1 Å². The van der Waals surface area contributed by atoms with Gasteiger partial charge in [0.1, 0.15) is 5.75 Å². The number of rotatable bonds is 4. The Morgan fingerprint density at radius 2 is 1.92 bits per heavy atom. The molecule has 2 aromatic carbocycles. The van der Waals surface area contributed by atoms with E-state index in [-0.39, 0.29) is 5.56 Å². The Balaban J connectivity index is 1.94. The van der Waals surface area contributed by atoms with Crippen molar-refractivity contribution < 1.29 is 5.11 Å². The summed E-state index contributed by atoms with van der Waals surface area (Å²) in [6, 6.07) is 10.9. The minimum absolute atomic E-state index is 0.0953. The van der Waals surface area contributed by atoms with Gasteiger partial charge in [0, 0.05) is 6.54 Å². The number of hydrogen-bond donors (Lipinski definition) is 2. The first-order chi connectivity index (χ1) is 12.0. The second-order valence-corrected chi connectivity index (χ2v) is 5.88. The molecule has 3 rings (SSSR count). The Morgan fingerprint density at radius 3 is 2.60 bits per heavy atom. The van der Waals surface area contributed by atoms with E-state index in [4.69, 9.17) is 0 Å². The van der Waals surface area contributed by atoms with Gasteiger partial charge in [-0.15, -0.1) is 0 Å². The molecule has 2 N–H and O–H groups in total. The zero-order chi connectivity index (χ0) is 18.0. The summed E-state index contributed by atoms with van der Waals surface area (Å²) >= 11 is 0. The first kappa shape index (κ1) is 16.7. The molecule has 6 nitrogen and oxygen atoms in total. The van der Waals surface area contributed by atoms with Crippen molar-refractivity contribution in [3.63, 3.8) is 0 Å². The molecule has 0 bridgehead atoms. The van der Waals surface area contributed by atoms with Crippen molar-refractivity contribution in [1.29, 1.82) is 0 Å². The summed E-state index contributed by atoms with van der Waals surface area (Å²) in [4.78, 5) is 17.0. The van der Waals surface area contributed by atoms with Gasteiger partial charge in [-0.25, -0.2) is 10.4 Å². The fourth-order valence-corrected chi connectivity index (χ4v) is 2.78. The van der Waals surface area contributed by atoms with E-state index in [0.29, 0.717) is 29.1 Å². The van der Waals surface area contributed by atoms with E-state index in [9.17, 15) is 9.90 Å². The van der Waals surface area contributed by atoms with Crippen LogP contribution in [0.1, 0.15) is 23.6 Å². The molecule has 0 amide bonds. The molecular formula is C19H20N4O2. The highest BCUT2D eigenvalue weighted by Gasteiger charge is 2.08. The first-order valence-electron chi connectivity index (χ1n) is 8.10. The molecule has 0 saturated heterocycles. The van der Waals surface area contributed by atoms with Crippen molar-refractivity contribution in [2.75, 3.05) is 5.43 Å². The van der Waals surface area contributed by atoms with Crippen LogP contribution in [-0.4, -0.2) is 20.9 Å². The van der Waals surface area contributed by atoms with Gasteiger partial charge < -0.3 is 5.11 Å². The quantitative estimate of drug-likeness (QED) is 0.566. The predicted molar refractivity (Wildman–Crippen MR) is 100 cm³/mol. The lowest BCUT2D eigenvalue weighted by molar-refractivity contribution is 0.467. The van der Waals surface area contributed by atoms with E-state index in [1.807, 2.05) is 45.0 Å². The van der Waals surface area contributed by atoms with Crippen molar-refractivity contribution in [1.82, 2.24) is 9.55 Å². The number of aromatic hydroxyl groups is 1. The standard InChI is InChI=1S/C19H20N4O2/c1-4-23-18(25)15-7-5-6-8-16(15)21-19(23)22-20-11-14-9-12(2)17(24)13(3)10-14/h5-11,24H,4H2,1-3H3,(H,21,22)/b20-11+. The molecule has 1 aromatic heterocycles. The van der Waals surface area contributed by atoms with Crippen LogP contribution in [0.3, 0.4) is 0 Å². The Bertz CT molecular complexity index is 999. The second-order valence-electron chi connectivity index (χ2n) is 5.88. The SMILES string of the molecule is CCn1c(N/N=C/c2cc(C)c(O)c(C)c2)nc2ccccc2c1=O. The van der Waals surface area contributed by atoms with Crippen LogP contribution in [0.25, 0.3) is 10.9 Å². The lowest BCUT2D eigenvalue weighted by atomic mass is 10.1. The topological polar surface area (TPSA) is 79.5 Å². The Hall–Kier alpha value is -3.15. The molecule has 0 unspecified atom stereocenters. The van der Waals surface area contributed by atoms with Crippen molar-refractivity contribution in [3.8, 4) is 5.75 Å². The number of anilines is 1. The Morgan fingerprint density at radius 1 is 1.24 bits per heavy atom. The molecule has 0 aliphatic carbocycles. The summed E-state index contributed by atoms with van der Waals surface area (Å²) in [5.41, 5.74) is 5.82. The number of aryl methyl sites for hydroxylation is 2. The highest BCUT2D eigenvalue weighted by atomic mass is 16.3. The van der Waals surface area contributed by atoms with E-state index in [1.165, 1.54) is 0 Å². The van der Waals surface area contributed by atoms with Crippen LogP contribution in [0.2, 0.25) is 0 Å². The molecule has 0 aliphatic heterocycles. The summed E-state index contributed by atoms with van der Waals surface area (Å²) in [6.07, 6.45) is 1.64. The maximum Gasteiger partial charge on any atom is 0.262 e. The molecule has 3 aromatic rings. The number of nitrogens with zero attached hydrogens (tertiary/aromatic N) is 3. The van der Waals surface area contributed by atoms with Gasteiger partial charge in [0.05, 0.1) is 17.1 Å². The van der Waals surface area contributed by atoms with Crippen molar-refractivity contribution in [2.45, 2.75) is 27.3 Å². The van der Waals surface area contributed by atoms with Gasteiger partial charge >= 0.3 is 0 Å². The van der Waals surface area contributed by atoms with Gasteiger partial charge in [0.15, 0.2) is 0 Å². The number of nitrogens with one attached hydrogen (secondary N) is 1. The van der Waals surface area contributed by atoms with E-state index in [2.05, 4.69) is 15.5 Å². The minimum atomic E-state index is -0.0953. The van der Waals surface area contributed by atoms with Gasteiger partial charge in [-0.05, 0) is 61.7 Å². The number of phenolic OH excluding ortho intramolecular Hbond substituents is 1. The molecule has 1 heterocycles. The molecule has 25 heavy (non-hydrogen) atoms.